The van der Waals surface area contributed by atoms with E-state index in [1.807, 2.05) is 6.07 Å². The number of carbonyl (C=O) groups excluding carboxylic acids is 3. The number of ketones is 2. The number of Topliss-reactive ketones (excluding diaryl/α,β-unsaturated/α-hetero) is 2. The van der Waals surface area contributed by atoms with Crippen LogP contribution in [0.5, 0.6) is 11.5 Å². The van der Waals surface area contributed by atoms with Crippen LogP contribution < -0.4 is 14.8 Å². The Kier molecular flexibility index (Phi) is 6.83. The summed E-state index contributed by atoms with van der Waals surface area (Å²) in [5.41, 5.74) is 2.11. The van der Waals surface area contributed by atoms with E-state index in [-0.39, 0.29) is 24.1 Å². The average Bonchev–Trinajstić information content (AvgIpc) is 2.87. The first-order valence-corrected chi connectivity index (χ1v) is 12.4. The fourth-order valence-electron chi connectivity index (χ4n) is 5.08. The Morgan fingerprint density at radius 2 is 1.64 bits per heavy atom. The third kappa shape index (κ3) is 4.63. The number of methoxy groups -OCH3 is 1. The van der Waals surface area contributed by atoms with Crippen molar-refractivity contribution in [3.63, 3.8) is 0 Å². The molecule has 0 saturated heterocycles. The number of anilines is 1. The van der Waals surface area contributed by atoms with Gasteiger partial charge in [-0.05, 0) is 43.2 Å². The SMILES string of the molecule is COc1ccccc1NC(=O)COc1ccc(Cl)cc1C1C2=C(CCCC2=O)OC2=C1C(=O)CCC2. The second kappa shape index (κ2) is 10.2. The highest BCUT2D eigenvalue weighted by molar-refractivity contribution is 6.30. The average molecular weight is 508 g/mol. The van der Waals surface area contributed by atoms with Crippen LogP contribution in [0.3, 0.4) is 0 Å². The lowest BCUT2D eigenvalue weighted by Gasteiger charge is -2.36. The zero-order valence-electron chi connectivity index (χ0n) is 19.9. The van der Waals surface area contributed by atoms with Crippen LogP contribution in [-0.4, -0.2) is 31.2 Å². The molecule has 0 spiro atoms. The molecule has 2 aliphatic carbocycles. The first kappa shape index (κ1) is 24.1. The number of benzene rings is 2. The minimum atomic E-state index is -0.629. The van der Waals surface area contributed by atoms with Gasteiger partial charge in [-0.15, -0.1) is 0 Å². The molecule has 8 heteroatoms. The lowest BCUT2D eigenvalue weighted by atomic mass is 9.73. The van der Waals surface area contributed by atoms with Crippen LogP contribution in [0.4, 0.5) is 5.69 Å². The van der Waals surface area contributed by atoms with Gasteiger partial charge in [0, 0.05) is 47.4 Å². The molecule has 5 rings (SSSR count). The molecule has 1 heterocycles. The predicted octanol–water partition coefficient (Wildman–Crippen LogP) is 5.49. The quantitative estimate of drug-likeness (QED) is 0.555. The van der Waals surface area contributed by atoms with Gasteiger partial charge >= 0.3 is 0 Å². The van der Waals surface area contributed by atoms with Crippen LogP contribution in [0.15, 0.2) is 65.1 Å². The smallest absolute Gasteiger partial charge is 0.262 e. The number of ether oxygens (including phenoxy) is 3. The Morgan fingerprint density at radius 3 is 2.31 bits per heavy atom. The minimum Gasteiger partial charge on any atom is -0.495 e. The highest BCUT2D eigenvalue weighted by Gasteiger charge is 2.42. The number of halogens is 1. The summed E-state index contributed by atoms with van der Waals surface area (Å²) in [4.78, 5) is 38.9. The van der Waals surface area contributed by atoms with Crippen molar-refractivity contribution in [2.75, 3.05) is 19.0 Å². The van der Waals surface area contributed by atoms with Gasteiger partial charge in [-0.1, -0.05) is 23.7 Å². The zero-order valence-corrected chi connectivity index (χ0v) is 20.7. The van der Waals surface area contributed by atoms with E-state index in [0.717, 1.165) is 0 Å². The molecule has 0 bridgehead atoms. The second-order valence-corrected chi connectivity index (χ2v) is 9.42. The van der Waals surface area contributed by atoms with Gasteiger partial charge in [-0.25, -0.2) is 0 Å². The normalized spacial score (nSPS) is 17.8. The lowest BCUT2D eigenvalue weighted by molar-refractivity contribution is -0.119. The highest BCUT2D eigenvalue weighted by atomic mass is 35.5. The fraction of sp³-hybridized carbons (Fsp3) is 0.321. The van der Waals surface area contributed by atoms with Crippen molar-refractivity contribution in [3.05, 3.63) is 75.7 Å². The number of rotatable bonds is 6. The number of amides is 1. The van der Waals surface area contributed by atoms with Crippen LogP contribution in [0.1, 0.15) is 50.0 Å². The number of para-hydroxylation sites is 2. The Morgan fingerprint density at radius 1 is 0.972 bits per heavy atom. The fourth-order valence-corrected chi connectivity index (χ4v) is 5.26. The zero-order chi connectivity index (χ0) is 25.2. The van der Waals surface area contributed by atoms with Crippen LogP contribution in [0, 0.1) is 0 Å². The molecule has 0 atom stereocenters. The second-order valence-electron chi connectivity index (χ2n) is 8.98. The Bertz CT molecular complexity index is 1270. The Hall–Kier alpha value is -3.58. The van der Waals surface area contributed by atoms with Crippen molar-refractivity contribution in [1.82, 2.24) is 0 Å². The first-order valence-electron chi connectivity index (χ1n) is 12.0. The van der Waals surface area contributed by atoms with Crippen molar-refractivity contribution in [3.8, 4) is 11.5 Å². The molecule has 1 amide bonds. The molecule has 0 unspecified atom stereocenters. The molecule has 1 N–H and O–H groups in total. The summed E-state index contributed by atoms with van der Waals surface area (Å²) in [5.74, 6) is 1.10. The van der Waals surface area contributed by atoms with Gasteiger partial charge in [0.2, 0.25) is 0 Å². The van der Waals surface area contributed by atoms with Gasteiger partial charge in [0.15, 0.2) is 18.2 Å². The van der Waals surface area contributed by atoms with Gasteiger partial charge in [-0.2, -0.15) is 0 Å². The monoisotopic (exact) mass is 507 g/mol. The summed E-state index contributed by atoms with van der Waals surface area (Å²) >= 11 is 6.38. The number of hydrogen-bond donors (Lipinski definition) is 1. The maximum Gasteiger partial charge on any atom is 0.262 e. The summed E-state index contributed by atoms with van der Waals surface area (Å²) in [7, 11) is 1.53. The van der Waals surface area contributed by atoms with E-state index < -0.39 is 5.92 Å². The molecule has 36 heavy (non-hydrogen) atoms. The Labute approximate surface area is 214 Å². The van der Waals surface area contributed by atoms with Gasteiger partial charge in [0.1, 0.15) is 23.0 Å². The van der Waals surface area contributed by atoms with E-state index in [9.17, 15) is 14.4 Å². The van der Waals surface area contributed by atoms with Gasteiger partial charge in [0.25, 0.3) is 5.91 Å². The standard InChI is InChI=1S/C28H26ClNO6/c1-34-22-9-3-2-6-18(22)30-25(33)15-35-21-13-12-16(29)14-17(21)26-27-19(31)7-4-10-23(27)36-24-11-5-8-20(32)28(24)26/h2-3,6,9,12-14,26H,4-5,7-8,10-11,15H2,1H3,(H,30,33). The van der Waals surface area contributed by atoms with Crippen molar-refractivity contribution >= 4 is 34.8 Å². The summed E-state index contributed by atoms with van der Waals surface area (Å²) in [6.07, 6.45) is 3.49. The van der Waals surface area contributed by atoms with E-state index in [1.165, 1.54) is 7.11 Å². The summed E-state index contributed by atoms with van der Waals surface area (Å²) in [6, 6.07) is 12.1. The molecule has 3 aliphatic rings. The van der Waals surface area contributed by atoms with E-state index in [4.69, 9.17) is 25.8 Å². The summed E-state index contributed by atoms with van der Waals surface area (Å²) in [6.45, 7) is -0.282. The molecular weight excluding hydrogens is 482 g/mol. The Balaban J connectivity index is 1.48. The maximum atomic E-state index is 13.1. The highest BCUT2D eigenvalue weighted by Crippen LogP contribution is 2.50. The van der Waals surface area contributed by atoms with E-state index in [2.05, 4.69) is 5.32 Å². The molecule has 0 fully saturated rings. The van der Waals surface area contributed by atoms with Crippen LogP contribution in [-0.2, 0) is 19.1 Å². The predicted molar refractivity (Wildman–Crippen MR) is 134 cm³/mol. The molecule has 1 aliphatic heterocycles. The molecule has 2 aromatic rings. The molecular formula is C28H26ClNO6. The third-order valence-corrected chi connectivity index (χ3v) is 6.90. The molecule has 0 saturated carbocycles. The first-order chi connectivity index (χ1) is 17.5. The van der Waals surface area contributed by atoms with E-state index >= 15 is 0 Å². The molecule has 186 valence electrons. The summed E-state index contributed by atoms with van der Waals surface area (Å²) < 4.78 is 17.4. The number of hydrogen-bond acceptors (Lipinski definition) is 6. The molecule has 2 aromatic carbocycles. The van der Waals surface area contributed by atoms with Crippen molar-refractivity contribution in [1.29, 1.82) is 0 Å². The molecule has 7 nitrogen and oxygen atoms in total. The lowest BCUT2D eigenvalue weighted by Crippen LogP contribution is -2.30. The van der Waals surface area contributed by atoms with Crippen molar-refractivity contribution in [2.45, 2.75) is 44.4 Å². The molecule has 0 radical (unpaired) electrons. The van der Waals surface area contributed by atoms with Crippen LogP contribution in [0.25, 0.3) is 0 Å². The van der Waals surface area contributed by atoms with Gasteiger partial charge in [0.05, 0.1) is 18.7 Å². The van der Waals surface area contributed by atoms with E-state index in [0.29, 0.717) is 89.0 Å². The largest absolute Gasteiger partial charge is 0.495 e. The van der Waals surface area contributed by atoms with Crippen molar-refractivity contribution in [2.24, 2.45) is 0 Å². The van der Waals surface area contributed by atoms with Crippen LogP contribution in [0.2, 0.25) is 5.02 Å². The number of carbonyl (C=O) groups is 3. The van der Waals surface area contributed by atoms with Gasteiger partial charge in [-0.3, -0.25) is 14.4 Å². The van der Waals surface area contributed by atoms with Crippen LogP contribution >= 0.6 is 11.6 Å². The molecule has 0 aromatic heterocycles. The topological polar surface area (TPSA) is 90.9 Å². The minimum absolute atomic E-state index is 0.0361. The van der Waals surface area contributed by atoms with Crippen molar-refractivity contribution < 1.29 is 28.6 Å². The van der Waals surface area contributed by atoms with Gasteiger partial charge < -0.3 is 19.5 Å². The maximum absolute atomic E-state index is 13.1. The third-order valence-electron chi connectivity index (χ3n) is 6.66. The number of allylic oxidation sites excluding steroid dienone is 4. The van der Waals surface area contributed by atoms with E-state index in [1.54, 1.807) is 36.4 Å². The number of nitrogens with one attached hydrogen (secondary N) is 1. The summed E-state index contributed by atoms with van der Waals surface area (Å²) in [5, 5.41) is 3.23.